The number of hydrogen-bond acceptors (Lipinski definition) is 6. The van der Waals surface area contributed by atoms with Crippen LogP contribution in [0.5, 0.6) is 0 Å². The summed E-state index contributed by atoms with van der Waals surface area (Å²) in [5.74, 6) is -0.875. The first-order valence-corrected chi connectivity index (χ1v) is 9.30. The number of aryl methyl sites for hydroxylation is 1. The van der Waals surface area contributed by atoms with Crippen molar-refractivity contribution in [1.29, 1.82) is 0 Å². The van der Waals surface area contributed by atoms with Gasteiger partial charge in [0.05, 0.1) is 18.4 Å². The Kier molecular flexibility index (Phi) is 4.96. The minimum absolute atomic E-state index is 0.216. The van der Waals surface area contributed by atoms with Gasteiger partial charge in [0.25, 0.3) is 11.8 Å². The molecule has 2 amide bonds. The van der Waals surface area contributed by atoms with E-state index in [0.29, 0.717) is 25.9 Å². The molecule has 9 heteroatoms. The Morgan fingerprint density at radius 3 is 2.76 bits per heavy atom. The van der Waals surface area contributed by atoms with Gasteiger partial charge in [0.1, 0.15) is 17.2 Å². The second-order valence-electron chi connectivity index (χ2n) is 7.32. The summed E-state index contributed by atoms with van der Waals surface area (Å²) < 4.78 is 13.0. The van der Waals surface area contributed by atoms with E-state index in [1.807, 2.05) is 0 Å². The molecule has 0 bridgehead atoms. The van der Waals surface area contributed by atoms with Crippen LogP contribution >= 0.6 is 0 Å². The van der Waals surface area contributed by atoms with Crippen LogP contribution in [0.4, 0.5) is 4.39 Å². The van der Waals surface area contributed by atoms with E-state index in [2.05, 4.69) is 20.4 Å². The molecule has 2 aliphatic rings. The van der Waals surface area contributed by atoms with Crippen molar-refractivity contribution >= 4 is 17.5 Å². The molecule has 3 heterocycles. The maximum atomic E-state index is 13.0. The molecule has 0 saturated carbocycles. The maximum absolute atomic E-state index is 13.0. The van der Waals surface area contributed by atoms with Crippen LogP contribution in [-0.4, -0.2) is 51.1 Å². The lowest BCUT2D eigenvalue weighted by Gasteiger charge is -2.21. The number of likely N-dealkylation sites (tertiary alicyclic amines) is 1. The average Bonchev–Trinajstić information content (AvgIpc) is 3.34. The lowest BCUT2D eigenvalue weighted by atomic mass is 9.96. The van der Waals surface area contributed by atoms with E-state index >= 15 is 0 Å². The van der Waals surface area contributed by atoms with E-state index in [0.717, 1.165) is 11.3 Å². The first kappa shape index (κ1) is 19.0. The highest BCUT2D eigenvalue weighted by atomic mass is 19.1. The third kappa shape index (κ3) is 4.08. The zero-order valence-corrected chi connectivity index (χ0v) is 15.9. The van der Waals surface area contributed by atoms with Gasteiger partial charge in [0.15, 0.2) is 5.60 Å². The van der Waals surface area contributed by atoms with E-state index in [-0.39, 0.29) is 35.6 Å². The molecule has 0 unspecified atom stereocenters. The highest BCUT2D eigenvalue weighted by Crippen LogP contribution is 2.34. The zero-order chi connectivity index (χ0) is 20.4. The fourth-order valence-electron chi connectivity index (χ4n) is 3.43. The molecular formula is C20H20FN5O3. The van der Waals surface area contributed by atoms with Crippen LogP contribution in [0.25, 0.3) is 0 Å². The van der Waals surface area contributed by atoms with Crippen molar-refractivity contribution in [2.75, 3.05) is 13.1 Å². The van der Waals surface area contributed by atoms with Gasteiger partial charge in [-0.05, 0) is 24.6 Å². The summed E-state index contributed by atoms with van der Waals surface area (Å²) in [4.78, 5) is 40.5. The van der Waals surface area contributed by atoms with Gasteiger partial charge in [0, 0.05) is 32.1 Å². The molecule has 2 aromatic rings. The molecule has 2 aliphatic heterocycles. The fraction of sp³-hybridized carbons (Fsp3) is 0.350. The predicted molar refractivity (Wildman–Crippen MR) is 101 cm³/mol. The van der Waals surface area contributed by atoms with E-state index in [1.165, 1.54) is 18.3 Å². The molecule has 8 nitrogen and oxygen atoms in total. The monoisotopic (exact) mass is 397 g/mol. The summed E-state index contributed by atoms with van der Waals surface area (Å²) in [5.41, 5.74) is 1.41. The Morgan fingerprint density at radius 1 is 1.24 bits per heavy atom. The third-order valence-electron chi connectivity index (χ3n) is 5.07. The number of nitrogens with one attached hydrogen (secondary N) is 1. The van der Waals surface area contributed by atoms with Gasteiger partial charge in [-0.25, -0.2) is 9.37 Å². The van der Waals surface area contributed by atoms with E-state index in [9.17, 15) is 14.0 Å². The number of rotatable bonds is 4. The zero-order valence-electron chi connectivity index (χ0n) is 15.9. The van der Waals surface area contributed by atoms with Gasteiger partial charge in [-0.2, -0.15) is 0 Å². The number of hydrogen-bond donors (Lipinski definition) is 1. The predicted octanol–water partition coefficient (Wildman–Crippen LogP) is 1.60. The number of amides is 2. The van der Waals surface area contributed by atoms with E-state index in [1.54, 1.807) is 30.2 Å². The average molecular weight is 397 g/mol. The fourth-order valence-corrected chi connectivity index (χ4v) is 3.43. The van der Waals surface area contributed by atoms with Gasteiger partial charge in [-0.1, -0.05) is 17.3 Å². The quantitative estimate of drug-likeness (QED) is 0.845. The second-order valence-corrected chi connectivity index (χ2v) is 7.32. The first-order chi connectivity index (χ1) is 13.9. The lowest BCUT2D eigenvalue weighted by molar-refractivity contribution is -0.115. The summed E-state index contributed by atoms with van der Waals surface area (Å²) in [6.07, 6.45) is 3.92. The molecule has 4 rings (SSSR count). The first-order valence-electron chi connectivity index (χ1n) is 9.30. The van der Waals surface area contributed by atoms with E-state index < -0.39 is 5.60 Å². The van der Waals surface area contributed by atoms with Gasteiger partial charge < -0.3 is 15.1 Å². The molecular weight excluding hydrogens is 377 g/mol. The Balaban J connectivity index is 1.32. The van der Waals surface area contributed by atoms with Gasteiger partial charge in [0.2, 0.25) is 0 Å². The summed E-state index contributed by atoms with van der Waals surface area (Å²) in [5, 5.41) is 6.71. The number of nitrogens with zero attached hydrogens (tertiary/aromatic N) is 4. The van der Waals surface area contributed by atoms with E-state index in [4.69, 9.17) is 4.84 Å². The standard InChI is InChI=1S/C20H20FN5O3/c1-13-9-23-17(11-22-13)19(28)26-7-6-20(12-26)8-16(25-29-20)18(27)24-10-14-2-4-15(21)5-3-14/h2-5,9,11H,6-8,10,12H2,1H3,(H,24,27)/t20-/m0/s1. The van der Waals surface area contributed by atoms with Gasteiger partial charge >= 0.3 is 0 Å². The Labute approximate surface area is 166 Å². The van der Waals surface area contributed by atoms with Crippen molar-refractivity contribution in [1.82, 2.24) is 20.2 Å². The molecule has 150 valence electrons. The number of halogens is 1. The van der Waals surface area contributed by atoms with Crippen LogP contribution in [0.3, 0.4) is 0 Å². The van der Waals surface area contributed by atoms with Crippen LogP contribution in [0.15, 0.2) is 41.8 Å². The topological polar surface area (TPSA) is 96.8 Å². The van der Waals surface area contributed by atoms with Crippen molar-refractivity contribution in [3.63, 3.8) is 0 Å². The molecule has 0 aliphatic carbocycles. The van der Waals surface area contributed by atoms with Crippen LogP contribution in [0.1, 0.15) is 34.6 Å². The Hall–Kier alpha value is -3.36. The smallest absolute Gasteiger partial charge is 0.274 e. The molecule has 29 heavy (non-hydrogen) atoms. The summed E-state index contributed by atoms with van der Waals surface area (Å²) in [7, 11) is 0. The number of oxime groups is 1. The lowest BCUT2D eigenvalue weighted by Crippen LogP contribution is -2.38. The van der Waals surface area contributed by atoms with Gasteiger partial charge in [-0.15, -0.1) is 0 Å². The van der Waals surface area contributed by atoms with Crippen LogP contribution in [-0.2, 0) is 16.2 Å². The molecule has 1 N–H and O–H groups in total. The molecule has 1 spiro atoms. The van der Waals surface area contributed by atoms with Crippen molar-refractivity contribution in [3.8, 4) is 0 Å². The van der Waals surface area contributed by atoms with Crippen LogP contribution < -0.4 is 5.32 Å². The molecule has 0 radical (unpaired) electrons. The second kappa shape index (κ2) is 7.57. The minimum atomic E-state index is -0.684. The number of aromatic nitrogens is 2. The SMILES string of the molecule is Cc1cnc(C(=O)N2CC[C@]3(CC(C(=O)NCc4ccc(F)cc4)=NO3)C2)cn1. The summed E-state index contributed by atoms with van der Waals surface area (Å²) in [6.45, 7) is 2.90. The van der Waals surface area contributed by atoms with Crippen LogP contribution in [0.2, 0.25) is 0 Å². The third-order valence-corrected chi connectivity index (χ3v) is 5.07. The van der Waals surface area contributed by atoms with Crippen molar-refractivity contribution in [3.05, 3.63) is 59.4 Å². The molecule has 1 fully saturated rings. The van der Waals surface area contributed by atoms with Crippen molar-refractivity contribution in [2.24, 2.45) is 5.16 Å². The molecule has 1 aromatic carbocycles. The highest BCUT2D eigenvalue weighted by molar-refractivity contribution is 6.39. The van der Waals surface area contributed by atoms with Crippen LogP contribution in [0, 0.1) is 12.7 Å². The number of carbonyl (C=O) groups is 2. The molecule has 1 saturated heterocycles. The Morgan fingerprint density at radius 2 is 2.03 bits per heavy atom. The number of benzene rings is 1. The maximum Gasteiger partial charge on any atom is 0.274 e. The minimum Gasteiger partial charge on any atom is -0.386 e. The largest absolute Gasteiger partial charge is 0.386 e. The summed E-state index contributed by atoms with van der Waals surface area (Å²) in [6, 6.07) is 5.90. The van der Waals surface area contributed by atoms with Crippen molar-refractivity contribution in [2.45, 2.75) is 31.9 Å². The van der Waals surface area contributed by atoms with Crippen molar-refractivity contribution < 1.29 is 18.8 Å². The Bertz CT molecular complexity index is 961. The molecule has 1 atom stereocenters. The normalized spacial score (nSPS) is 20.5. The number of carbonyl (C=O) groups excluding carboxylic acids is 2. The summed E-state index contributed by atoms with van der Waals surface area (Å²) >= 11 is 0. The molecule has 1 aromatic heterocycles. The van der Waals surface area contributed by atoms with Gasteiger partial charge in [-0.3, -0.25) is 14.6 Å². The highest BCUT2D eigenvalue weighted by Gasteiger charge is 2.48.